The highest BCUT2D eigenvalue weighted by molar-refractivity contribution is 5.46. The zero-order valence-corrected chi connectivity index (χ0v) is 12.9. The average Bonchev–Trinajstić information content (AvgIpc) is 2.50. The SMILES string of the molecule is CCC(N)Cc1cc(C)ccc1Oc1ccccc1OC. The van der Waals surface area contributed by atoms with Gasteiger partial charge >= 0.3 is 0 Å². The fourth-order valence-corrected chi connectivity index (χ4v) is 2.22. The Balaban J connectivity index is 2.30. The Hall–Kier alpha value is -2.00. The zero-order valence-electron chi connectivity index (χ0n) is 12.9. The highest BCUT2D eigenvalue weighted by atomic mass is 16.5. The van der Waals surface area contributed by atoms with E-state index in [9.17, 15) is 0 Å². The van der Waals surface area contributed by atoms with Gasteiger partial charge in [0.1, 0.15) is 5.75 Å². The largest absolute Gasteiger partial charge is 0.493 e. The van der Waals surface area contributed by atoms with Crippen LogP contribution in [0.4, 0.5) is 0 Å². The molecule has 0 aliphatic carbocycles. The summed E-state index contributed by atoms with van der Waals surface area (Å²) in [6.45, 7) is 4.18. The van der Waals surface area contributed by atoms with Crippen molar-refractivity contribution < 1.29 is 9.47 Å². The number of benzene rings is 2. The monoisotopic (exact) mass is 285 g/mol. The molecule has 0 heterocycles. The molecule has 1 unspecified atom stereocenters. The lowest BCUT2D eigenvalue weighted by molar-refractivity contribution is 0.377. The number of rotatable bonds is 6. The van der Waals surface area contributed by atoms with Gasteiger partial charge in [-0.05, 0) is 43.5 Å². The summed E-state index contributed by atoms with van der Waals surface area (Å²) in [5, 5.41) is 0. The quantitative estimate of drug-likeness (QED) is 0.870. The number of aryl methyl sites for hydroxylation is 1. The minimum Gasteiger partial charge on any atom is -0.493 e. The third-order valence-electron chi connectivity index (χ3n) is 3.51. The second kappa shape index (κ2) is 7.14. The van der Waals surface area contributed by atoms with Gasteiger partial charge < -0.3 is 15.2 Å². The normalized spacial score (nSPS) is 12.0. The van der Waals surface area contributed by atoms with Crippen LogP contribution in [0.15, 0.2) is 42.5 Å². The van der Waals surface area contributed by atoms with Crippen molar-refractivity contribution in [2.45, 2.75) is 32.7 Å². The fourth-order valence-electron chi connectivity index (χ4n) is 2.22. The average molecular weight is 285 g/mol. The maximum Gasteiger partial charge on any atom is 0.169 e. The number of ether oxygens (including phenoxy) is 2. The van der Waals surface area contributed by atoms with Gasteiger partial charge in [-0.25, -0.2) is 0 Å². The summed E-state index contributed by atoms with van der Waals surface area (Å²) in [4.78, 5) is 0. The molecule has 21 heavy (non-hydrogen) atoms. The first-order valence-corrected chi connectivity index (χ1v) is 7.30. The number of para-hydroxylation sites is 2. The number of hydrogen-bond acceptors (Lipinski definition) is 3. The molecule has 0 fully saturated rings. The van der Waals surface area contributed by atoms with Crippen LogP contribution in [0.1, 0.15) is 24.5 Å². The maximum absolute atomic E-state index is 6.09. The topological polar surface area (TPSA) is 44.5 Å². The highest BCUT2D eigenvalue weighted by Crippen LogP contribution is 2.33. The molecule has 3 nitrogen and oxygen atoms in total. The van der Waals surface area contributed by atoms with Crippen LogP contribution >= 0.6 is 0 Å². The Labute approximate surface area is 126 Å². The van der Waals surface area contributed by atoms with Crippen molar-refractivity contribution >= 4 is 0 Å². The smallest absolute Gasteiger partial charge is 0.169 e. The molecule has 2 N–H and O–H groups in total. The lowest BCUT2D eigenvalue weighted by Gasteiger charge is -2.16. The first-order valence-electron chi connectivity index (χ1n) is 7.30. The van der Waals surface area contributed by atoms with E-state index in [1.54, 1.807) is 7.11 Å². The fraction of sp³-hybridized carbons (Fsp3) is 0.333. The van der Waals surface area contributed by atoms with Gasteiger partial charge in [0, 0.05) is 6.04 Å². The van der Waals surface area contributed by atoms with Crippen molar-refractivity contribution in [2.24, 2.45) is 5.73 Å². The summed E-state index contributed by atoms with van der Waals surface area (Å²) in [5.41, 5.74) is 8.44. The number of hydrogen-bond donors (Lipinski definition) is 1. The van der Waals surface area contributed by atoms with Gasteiger partial charge in [0.25, 0.3) is 0 Å². The first-order chi connectivity index (χ1) is 10.1. The van der Waals surface area contributed by atoms with E-state index in [0.29, 0.717) is 0 Å². The van der Waals surface area contributed by atoms with E-state index in [4.69, 9.17) is 15.2 Å². The van der Waals surface area contributed by atoms with Crippen LogP contribution in [0.25, 0.3) is 0 Å². The summed E-state index contributed by atoms with van der Waals surface area (Å²) in [6, 6.07) is 14.0. The lowest BCUT2D eigenvalue weighted by Crippen LogP contribution is -2.21. The molecule has 0 aliphatic heterocycles. The Morgan fingerprint density at radius 3 is 2.43 bits per heavy atom. The van der Waals surface area contributed by atoms with Gasteiger partial charge in [-0.1, -0.05) is 36.8 Å². The van der Waals surface area contributed by atoms with Crippen molar-refractivity contribution in [3.63, 3.8) is 0 Å². The second-order valence-corrected chi connectivity index (χ2v) is 5.24. The van der Waals surface area contributed by atoms with Gasteiger partial charge in [0.15, 0.2) is 11.5 Å². The molecule has 0 radical (unpaired) electrons. The molecule has 1 atom stereocenters. The summed E-state index contributed by atoms with van der Waals surface area (Å²) < 4.78 is 11.4. The zero-order chi connectivity index (χ0) is 15.2. The molecule has 0 saturated heterocycles. The van der Waals surface area contributed by atoms with E-state index < -0.39 is 0 Å². The van der Waals surface area contributed by atoms with Crippen LogP contribution in [-0.2, 0) is 6.42 Å². The predicted molar refractivity (Wildman–Crippen MR) is 86.2 cm³/mol. The van der Waals surface area contributed by atoms with Gasteiger partial charge in [-0.15, -0.1) is 0 Å². The van der Waals surface area contributed by atoms with Crippen molar-refractivity contribution in [1.29, 1.82) is 0 Å². The molecular formula is C18H23NO2. The molecule has 3 heteroatoms. The van der Waals surface area contributed by atoms with Crippen LogP contribution in [0.5, 0.6) is 17.2 Å². The van der Waals surface area contributed by atoms with Crippen LogP contribution in [-0.4, -0.2) is 13.2 Å². The molecule has 0 aromatic heterocycles. The van der Waals surface area contributed by atoms with Crippen LogP contribution in [0.2, 0.25) is 0 Å². The Kier molecular flexibility index (Phi) is 5.23. The second-order valence-electron chi connectivity index (χ2n) is 5.24. The molecule has 0 aliphatic rings. The Bertz CT molecular complexity index is 596. The van der Waals surface area contributed by atoms with E-state index in [1.165, 1.54) is 5.56 Å². The van der Waals surface area contributed by atoms with Crippen LogP contribution in [0, 0.1) is 6.92 Å². The molecule has 112 valence electrons. The van der Waals surface area contributed by atoms with Gasteiger partial charge in [0.05, 0.1) is 7.11 Å². The van der Waals surface area contributed by atoms with Crippen molar-refractivity contribution in [2.75, 3.05) is 7.11 Å². The highest BCUT2D eigenvalue weighted by Gasteiger charge is 2.11. The summed E-state index contributed by atoms with van der Waals surface area (Å²) in [6.07, 6.45) is 1.75. The number of nitrogens with two attached hydrogens (primary N) is 1. The molecule has 0 saturated carbocycles. The molecule has 2 rings (SSSR count). The molecular weight excluding hydrogens is 262 g/mol. The van der Waals surface area contributed by atoms with E-state index in [-0.39, 0.29) is 6.04 Å². The molecule has 2 aromatic rings. The maximum atomic E-state index is 6.09. The molecule has 0 amide bonds. The third kappa shape index (κ3) is 3.99. The Morgan fingerprint density at radius 1 is 1.05 bits per heavy atom. The van der Waals surface area contributed by atoms with Gasteiger partial charge in [0.2, 0.25) is 0 Å². The minimum absolute atomic E-state index is 0.145. The van der Waals surface area contributed by atoms with Gasteiger partial charge in [-0.2, -0.15) is 0 Å². The minimum atomic E-state index is 0.145. The standard InChI is InChI=1S/C18H23NO2/c1-4-15(19)12-14-11-13(2)9-10-16(14)21-18-8-6-5-7-17(18)20-3/h5-11,15H,4,12,19H2,1-3H3. The number of methoxy groups -OCH3 is 1. The van der Waals surface area contributed by atoms with Crippen molar-refractivity contribution in [3.05, 3.63) is 53.6 Å². The summed E-state index contributed by atoms with van der Waals surface area (Å²) in [5.74, 6) is 2.29. The van der Waals surface area contributed by atoms with E-state index in [2.05, 4.69) is 19.9 Å². The van der Waals surface area contributed by atoms with E-state index in [1.807, 2.05) is 36.4 Å². The van der Waals surface area contributed by atoms with E-state index >= 15 is 0 Å². The van der Waals surface area contributed by atoms with Crippen LogP contribution in [0.3, 0.4) is 0 Å². The van der Waals surface area contributed by atoms with E-state index in [0.717, 1.165) is 35.7 Å². The predicted octanol–water partition coefficient (Wildman–Crippen LogP) is 4.08. The molecule has 0 spiro atoms. The lowest BCUT2D eigenvalue weighted by atomic mass is 10.0. The van der Waals surface area contributed by atoms with Gasteiger partial charge in [-0.3, -0.25) is 0 Å². The third-order valence-corrected chi connectivity index (χ3v) is 3.51. The van der Waals surface area contributed by atoms with Crippen molar-refractivity contribution in [3.8, 4) is 17.2 Å². The summed E-state index contributed by atoms with van der Waals surface area (Å²) >= 11 is 0. The summed E-state index contributed by atoms with van der Waals surface area (Å²) in [7, 11) is 1.64. The molecule has 2 aromatic carbocycles. The Morgan fingerprint density at radius 2 is 1.76 bits per heavy atom. The molecule has 0 bridgehead atoms. The first kappa shape index (κ1) is 15.4. The van der Waals surface area contributed by atoms with Crippen molar-refractivity contribution in [1.82, 2.24) is 0 Å². The van der Waals surface area contributed by atoms with Crippen LogP contribution < -0.4 is 15.2 Å².